The molecule has 1 aliphatic heterocycles. The Hall–Kier alpha value is -2.61. The summed E-state index contributed by atoms with van der Waals surface area (Å²) < 4.78 is 23.9. The lowest BCUT2D eigenvalue weighted by Gasteiger charge is -2.19. The maximum atomic E-state index is 12.3. The minimum atomic E-state index is -4.10. The Morgan fingerprint density at radius 3 is 2.59 bits per heavy atom. The van der Waals surface area contributed by atoms with Crippen molar-refractivity contribution in [3.8, 4) is 36.5 Å². The molecule has 2 unspecified atom stereocenters. The Labute approximate surface area is 198 Å². The summed E-state index contributed by atoms with van der Waals surface area (Å²) in [7, 11) is -4.10. The van der Waals surface area contributed by atoms with E-state index in [2.05, 4.69) is 33.8 Å². The Balaban J connectivity index is 1.96. The van der Waals surface area contributed by atoms with E-state index in [0.717, 1.165) is 17.4 Å². The van der Waals surface area contributed by atoms with E-state index in [1.807, 2.05) is 0 Å². The van der Waals surface area contributed by atoms with Gasteiger partial charge < -0.3 is 14.7 Å². The number of hydrogen-bond acceptors (Lipinski definition) is 6. The van der Waals surface area contributed by atoms with E-state index < -0.39 is 37.4 Å². The quantitative estimate of drug-likeness (QED) is 0.194. The number of unbranched alkanes of at least 4 members (excludes halogenated alkanes) is 5. The van der Waals surface area contributed by atoms with Crippen LogP contribution in [0.1, 0.15) is 63.2 Å². The molecule has 0 amide bonds. The summed E-state index contributed by atoms with van der Waals surface area (Å²) in [5.41, 5.74) is -1.23. The molecule has 0 aromatic carbocycles. The molecule has 0 spiro atoms. The molecular weight excluding hydrogens is 461 g/mol. The summed E-state index contributed by atoms with van der Waals surface area (Å²) in [4.78, 5) is 36.5. The highest BCUT2D eigenvalue weighted by Crippen LogP contribution is 2.38. The van der Waals surface area contributed by atoms with E-state index >= 15 is 0 Å². The smallest absolute Gasteiger partial charge is 0.390 e. The number of ether oxygens (including phenoxy) is 1. The largest absolute Gasteiger partial charge is 0.403 e. The number of hydrogen-bond donors (Lipinski definition) is 4. The van der Waals surface area contributed by atoms with Gasteiger partial charge in [-0.15, -0.1) is 24.7 Å². The molecule has 1 saturated heterocycles. The van der Waals surface area contributed by atoms with E-state index in [0.29, 0.717) is 32.1 Å². The molecule has 2 heterocycles. The van der Waals surface area contributed by atoms with Crippen molar-refractivity contribution in [1.82, 2.24) is 14.6 Å². The molecule has 4 atom stereocenters. The van der Waals surface area contributed by atoms with Gasteiger partial charge in [0.15, 0.2) is 0 Å². The molecule has 1 aromatic rings. The highest BCUT2D eigenvalue weighted by atomic mass is 31.2. The molecular formula is C23H30N3O7P. The van der Waals surface area contributed by atoms with Gasteiger partial charge in [-0.2, -0.15) is 0 Å². The topological polar surface area (TPSA) is 143 Å². The first-order valence-corrected chi connectivity index (χ1v) is 12.6. The highest BCUT2D eigenvalue weighted by molar-refractivity contribution is 7.50. The van der Waals surface area contributed by atoms with Crippen molar-refractivity contribution < 1.29 is 23.8 Å². The van der Waals surface area contributed by atoms with Crippen molar-refractivity contribution in [3.63, 3.8) is 0 Å². The van der Waals surface area contributed by atoms with E-state index in [1.165, 1.54) is 6.20 Å². The van der Waals surface area contributed by atoms with Gasteiger partial charge in [-0.05, 0) is 25.7 Å². The number of nitrogens with one attached hydrogen (secondary N) is 2. The Morgan fingerprint density at radius 2 is 1.88 bits per heavy atom. The predicted molar refractivity (Wildman–Crippen MR) is 126 cm³/mol. The highest BCUT2D eigenvalue weighted by Gasteiger charge is 2.37. The van der Waals surface area contributed by atoms with Gasteiger partial charge in [0.05, 0.1) is 18.8 Å². The number of aliphatic hydroxyl groups is 1. The standard InChI is InChI=1S/C23H30N3O7P/c1-3-5-7-9-10-11-13-18-17-26(23(29)25-22(18)28)21-15-19(27)20(33-21)16-24-34(30,31)32-14-12-8-6-4-2/h1-2,17,19-21,27H,5-10,12,14-16H2,(H2,24,30,31)(H,25,28,29)/t19?,20-,21-/m1/s1. The normalized spacial score (nSPS) is 21.1. The number of terminal acetylenes is 2. The summed E-state index contributed by atoms with van der Waals surface area (Å²) in [6.45, 7) is -0.127. The minimum absolute atomic E-state index is 0.0416. The second kappa shape index (κ2) is 13.9. The lowest BCUT2D eigenvalue weighted by atomic mass is 10.2. The number of aromatic amines is 1. The lowest BCUT2D eigenvalue weighted by Crippen LogP contribution is -2.34. The predicted octanol–water partition coefficient (Wildman–Crippen LogP) is 1.24. The van der Waals surface area contributed by atoms with Crippen molar-refractivity contribution in [2.75, 3.05) is 13.2 Å². The second-order valence-electron chi connectivity index (χ2n) is 7.73. The van der Waals surface area contributed by atoms with Crippen LogP contribution in [0.3, 0.4) is 0 Å². The molecule has 184 valence electrons. The first-order valence-electron chi connectivity index (χ1n) is 11.0. The third kappa shape index (κ3) is 8.97. The number of rotatable bonds is 12. The van der Waals surface area contributed by atoms with Crippen LogP contribution in [0, 0.1) is 36.5 Å². The molecule has 0 bridgehead atoms. The maximum Gasteiger partial charge on any atom is 0.403 e. The Bertz CT molecular complexity index is 1120. The fourth-order valence-corrected chi connectivity index (χ4v) is 4.10. The third-order valence-corrected chi connectivity index (χ3v) is 6.17. The van der Waals surface area contributed by atoms with Crippen LogP contribution >= 0.6 is 7.75 Å². The average Bonchev–Trinajstić information content (AvgIpc) is 3.16. The Morgan fingerprint density at radius 1 is 1.21 bits per heavy atom. The molecule has 1 aliphatic rings. The molecule has 10 nitrogen and oxygen atoms in total. The van der Waals surface area contributed by atoms with Gasteiger partial charge in [-0.25, -0.2) is 14.4 Å². The van der Waals surface area contributed by atoms with Crippen molar-refractivity contribution in [1.29, 1.82) is 0 Å². The molecule has 11 heteroatoms. The van der Waals surface area contributed by atoms with E-state index in [-0.39, 0.29) is 25.1 Å². The first-order chi connectivity index (χ1) is 16.3. The maximum absolute atomic E-state index is 12.3. The van der Waals surface area contributed by atoms with Crippen molar-refractivity contribution in [2.45, 2.75) is 69.8 Å². The van der Waals surface area contributed by atoms with Gasteiger partial charge in [-0.3, -0.25) is 18.9 Å². The minimum Gasteiger partial charge on any atom is -0.390 e. The van der Waals surface area contributed by atoms with Crippen LogP contribution in [0.5, 0.6) is 0 Å². The number of nitrogens with zero attached hydrogens (tertiary/aromatic N) is 1. The summed E-state index contributed by atoms with van der Waals surface area (Å²) in [6.07, 6.45) is 13.5. The summed E-state index contributed by atoms with van der Waals surface area (Å²) in [6, 6.07) is 0. The zero-order chi connectivity index (χ0) is 25.0. The summed E-state index contributed by atoms with van der Waals surface area (Å²) in [5.74, 6) is 10.7. The number of aromatic nitrogens is 2. The number of H-pyrrole nitrogens is 1. The van der Waals surface area contributed by atoms with Gasteiger partial charge in [0, 0.05) is 38.4 Å². The summed E-state index contributed by atoms with van der Waals surface area (Å²) >= 11 is 0. The molecule has 4 N–H and O–H groups in total. The van der Waals surface area contributed by atoms with Gasteiger partial charge >= 0.3 is 13.4 Å². The fraction of sp³-hybridized carbons (Fsp3) is 0.565. The number of aliphatic hydroxyl groups excluding tert-OH is 1. The van der Waals surface area contributed by atoms with Crippen LogP contribution in [0.15, 0.2) is 15.8 Å². The van der Waals surface area contributed by atoms with Crippen LogP contribution < -0.4 is 16.3 Å². The van der Waals surface area contributed by atoms with Crippen LogP contribution in [-0.4, -0.2) is 44.9 Å². The van der Waals surface area contributed by atoms with Gasteiger partial charge in [0.1, 0.15) is 11.8 Å². The molecule has 0 radical (unpaired) electrons. The van der Waals surface area contributed by atoms with Crippen LogP contribution in [0.4, 0.5) is 0 Å². The van der Waals surface area contributed by atoms with Crippen LogP contribution in [0.25, 0.3) is 0 Å². The zero-order valence-corrected chi connectivity index (χ0v) is 19.8. The third-order valence-electron chi connectivity index (χ3n) is 5.05. The first kappa shape index (κ1) is 27.6. The molecule has 1 fully saturated rings. The SMILES string of the molecule is C#CCCCCC#Cc1cn([C@H]2CC(O)[C@@H](CNP(=O)(O)OCCCCC#C)O2)c(=O)[nH]c1=O. The monoisotopic (exact) mass is 491 g/mol. The van der Waals surface area contributed by atoms with Gasteiger partial charge in [0.25, 0.3) is 5.56 Å². The van der Waals surface area contributed by atoms with Gasteiger partial charge in [0.2, 0.25) is 0 Å². The van der Waals surface area contributed by atoms with Gasteiger partial charge in [-0.1, -0.05) is 11.8 Å². The van der Waals surface area contributed by atoms with Crippen molar-refractivity contribution >= 4 is 7.75 Å². The van der Waals surface area contributed by atoms with Crippen LogP contribution in [-0.2, 0) is 13.8 Å². The fourth-order valence-electron chi connectivity index (χ4n) is 3.22. The lowest BCUT2D eigenvalue weighted by molar-refractivity contribution is -0.0177. The van der Waals surface area contributed by atoms with E-state index in [1.54, 1.807) is 0 Å². The van der Waals surface area contributed by atoms with Crippen LogP contribution in [0.2, 0.25) is 0 Å². The zero-order valence-electron chi connectivity index (χ0n) is 18.9. The second-order valence-corrected chi connectivity index (χ2v) is 9.35. The van der Waals surface area contributed by atoms with E-state index in [4.69, 9.17) is 22.1 Å². The molecule has 0 saturated carbocycles. The van der Waals surface area contributed by atoms with Crippen molar-refractivity contribution in [3.05, 3.63) is 32.6 Å². The molecule has 34 heavy (non-hydrogen) atoms. The molecule has 0 aliphatic carbocycles. The Kier molecular flexibility index (Phi) is 11.3. The molecule has 1 aromatic heterocycles. The summed E-state index contributed by atoms with van der Waals surface area (Å²) in [5, 5.41) is 12.7. The van der Waals surface area contributed by atoms with E-state index in [9.17, 15) is 24.2 Å². The average molecular weight is 491 g/mol. The van der Waals surface area contributed by atoms with Crippen molar-refractivity contribution in [2.24, 2.45) is 0 Å². The molecule has 2 rings (SSSR count).